The van der Waals surface area contributed by atoms with Crippen molar-refractivity contribution in [2.75, 3.05) is 5.32 Å². The van der Waals surface area contributed by atoms with Crippen molar-refractivity contribution >= 4 is 33.5 Å². The maximum absolute atomic E-state index is 11.9. The van der Waals surface area contributed by atoms with Crippen LogP contribution in [0, 0.1) is 0 Å². The highest BCUT2D eigenvalue weighted by molar-refractivity contribution is 5.93. The molecule has 0 unspecified atom stereocenters. The highest BCUT2D eigenvalue weighted by atomic mass is 16.6. The van der Waals surface area contributed by atoms with Crippen molar-refractivity contribution in [1.82, 2.24) is 19.9 Å². The number of para-hydroxylation sites is 2. The number of carbonyl (C=O) groups excluding carboxylic acids is 1. The average Bonchev–Trinajstić information content (AvgIpc) is 3.38. The quantitative estimate of drug-likeness (QED) is 0.467. The summed E-state index contributed by atoms with van der Waals surface area (Å²) in [5.74, 6) is 0.705. The minimum Gasteiger partial charge on any atom is -0.318 e. The van der Waals surface area contributed by atoms with E-state index in [9.17, 15) is 4.79 Å². The van der Waals surface area contributed by atoms with E-state index in [4.69, 9.17) is 9.61 Å². The van der Waals surface area contributed by atoms with Gasteiger partial charge in [0.25, 0.3) is 0 Å². The van der Waals surface area contributed by atoms with E-state index in [-0.39, 0.29) is 11.7 Å². The number of amides is 1. The summed E-state index contributed by atoms with van der Waals surface area (Å²) >= 11 is 0. The van der Waals surface area contributed by atoms with Gasteiger partial charge in [-0.25, -0.2) is 9.61 Å². The molecule has 0 aliphatic rings. The predicted octanol–water partition coefficient (Wildman–Crippen LogP) is 4.64. The van der Waals surface area contributed by atoms with Gasteiger partial charge < -0.3 is 9.88 Å². The lowest BCUT2D eigenvalue weighted by atomic mass is 10.0. The molecule has 0 saturated carbocycles. The van der Waals surface area contributed by atoms with Crippen molar-refractivity contribution in [2.24, 2.45) is 0 Å². The SMILES string of the molecule is CCC(=O)Nc1nonc1-c1nc2ccccc2n1Cc1cccc2ccccc12. The van der Waals surface area contributed by atoms with Crippen LogP contribution >= 0.6 is 0 Å². The summed E-state index contributed by atoms with van der Waals surface area (Å²) < 4.78 is 7.03. The van der Waals surface area contributed by atoms with Crippen LogP contribution in [0.3, 0.4) is 0 Å². The fraction of sp³-hybridized carbons (Fsp3) is 0.130. The number of fused-ring (bicyclic) bond motifs is 2. The molecule has 5 aromatic rings. The highest BCUT2D eigenvalue weighted by Gasteiger charge is 2.22. The molecule has 0 spiro atoms. The first-order chi connectivity index (χ1) is 14.7. The third-order valence-electron chi connectivity index (χ3n) is 5.14. The Labute approximate surface area is 172 Å². The zero-order valence-corrected chi connectivity index (χ0v) is 16.4. The molecule has 0 aliphatic heterocycles. The first-order valence-corrected chi connectivity index (χ1v) is 9.79. The van der Waals surface area contributed by atoms with Crippen LogP contribution in [0.25, 0.3) is 33.3 Å². The summed E-state index contributed by atoms with van der Waals surface area (Å²) in [5.41, 5.74) is 3.38. The Morgan fingerprint density at radius 2 is 1.80 bits per heavy atom. The Hall–Kier alpha value is -4.00. The molecule has 0 bridgehead atoms. The van der Waals surface area contributed by atoms with Crippen LogP contribution in [0.5, 0.6) is 0 Å². The Morgan fingerprint density at radius 1 is 1.00 bits per heavy atom. The zero-order chi connectivity index (χ0) is 20.5. The van der Waals surface area contributed by atoms with Crippen LogP contribution in [0.1, 0.15) is 18.9 Å². The minimum atomic E-state index is -0.163. The summed E-state index contributed by atoms with van der Waals surface area (Å²) in [6.07, 6.45) is 0.332. The van der Waals surface area contributed by atoms with Gasteiger partial charge in [0, 0.05) is 6.42 Å². The van der Waals surface area contributed by atoms with Gasteiger partial charge in [-0.2, -0.15) is 0 Å². The van der Waals surface area contributed by atoms with Gasteiger partial charge in [-0.05, 0) is 38.8 Å². The first-order valence-electron chi connectivity index (χ1n) is 9.79. The monoisotopic (exact) mass is 397 g/mol. The standard InChI is InChI=1S/C23H19N5O2/c1-2-20(29)25-22-21(26-30-27-22)23-24-18-12-5-6-13-19(18)28(23)14-16-10-7-9-15-8-3-4-11-17(15)16/h3-13H,2,14H2,1H3,(H,25,27,29). The summed E-state index contributed by atoms with van der Waals surface area (Å²) in [6.45, 7) is 2.36. The summed E-state index contributed by atoms with van der Waals surface area (Å²) in [4.78, 5) is 16.7. The van der Waals surface area contributed by atoms with Gasteiger partial charge in [0.15, 0.2) is 11.5 Å². The fourth-order valence-electron chi connectivity index (χ4n) is 3.65. The summed E-state index contributed by atoms with van der Waals surface area (Å²) in [7, 11) is 0. The number of hydrogen-bond acceptors (Lipinski definition) is 5. The number of imidazole rings is 1. The van der Waals surface area contributed by atoms with E-state index in [1.54, 1.807) is 6.92 Å². The van der Waals surface area contributed by atoms with Crippen molar-refractivity contribution in [3.8, 4) is 11.5 Å². The third kappa shape index (κ3) is 3.10. The Bertz CT molecular complexity index is 1360. The lowest BCUT2D eigenvalue weighted by molar-refractivity contribution is -0.115. The van der Waals surface area contributed by atoms with Crippen molar-refractivity contribution < 1.29 is 9.42 Å². The molecular weight excluding hydrogens is 378 g/mol. The number of benzene rings is 3. The molecule has 3 aromatic carbocycles. The molecule has 7 heteroatoms. The molecule has 2 heterocycles. The summed E-state index contributed by atoms with van der Waals surface area (Å²) in [5, 5.41) is 13.0. The van der Waals surface area contributed by atoms with E-state index >= 15 is 0 Å². The van der Waals surface area contributed by atoms with Crippen LogP contribution in [-0.2, 0) is 11.3 Å². The molecule has 0 atom stereocenters. The molecule has 2 aromatic heterocycles. The maximum atomic E-state index is 11.9. The van der Waals surface area contributed by atoms with E-state index in [2.05, 4.69) is 50.5 Å². The van der Waals surface area contributed by atoms with Gasteiger partial charge in [-0.1, -0.05) is 61.5 Å². The fourth-order valence-corrected chi connectivity index (χ4v) is 3.65. The largest absolute Gasteiger partial charge is 0.318 e. The Balaban J connectivity index is 1.67. The number of nitrogens with one attached hydrogen (secondary N) is 1. The minimum absolute atomic E-state index is 0.163. The molecule has 7 nitrogen and oxygen atoms in total. The van der Waals surface area contributed by atoms with Gasteiger partial charge in [0.1, 0.15) is 0 Å². The van der Waals surface area contributed by atoms with Crippen LogP contribution < -0.4 is 5.32 Å². The lowest BCUT2D eigenvalue weighted by Gasteiger charge is -2.11. The van der Waals surface area contributed by atoms with Crippen LogP contribution in [-0.4, -0.2) is 25.8 Å². The van der Waals surface area contributed by atoms with Crippen molar-refractivity contribution in [2.45, 2.75) is 19.9 Å². The lowest BCUT2D eigenvalue weighted by Crippen LogP contribution is -2.11. The Kier molecular flexibility index (Phi) is 4.48. The van der Waals surface area contributed by atoms with Gasteiger partial charge in [-0.15, -0.1) is 0 Å². The Morgan fingerprint density at radius 3 is 2.70 bits per heavy atom. The predicted molar refractivity (Wildman–Crippen MR) is 115 cm³/mol. The molecule has 148 valence electrons. The second kappa shape index (κ2) is 7.44. The molecule has 0 radical (unpaired) electrons. The maximum Gasteiger partial charge on any atom is 0.225 e. The third-order valence-corrected chi connectivity index (χ3v) is 5.14. The molecule has 1 N–H and O–H groups in total. The molecule has 1 amide bonds. The van der Waals surface area contributed by atoms with Gasteiger partial charge in [0.2, 0.25) is 11.7 Å². The van der Waals surface area contributed by atoms with Crippen LogP contribution in [0.2, 0.25) is 0 Å². The van der Waals surface area contributed by atoms with Gasteiger partial charge >= 0.3 is 0 Å². The number of anilines is 1. The van der Waals surface area contributed by atoms with Gasteiger partial charge in [0.05, 0.1) is 17.6 Å². The van der Waals surface area contributed by atoms with Crippen LogP contribution in [0.15, 0.2) is 71.4 Å². The van der Waals surface area contributed by atoms with E-state index in [0.717, 1.165) is 16.6 Å². The average molecular weight is 397 g/mol. The van der Waals surface area contributed by atoms with E-state index in [1.807, 2.05) is 36.4 Å². The number of hydrogen-bond donors (Lipinski definition) is 1. The topological polar surface area (TPSA) is 85.8 Å². The number of rotatable bonds is 5. The van der Waals surface area contributed by atoms with E-state index in [0.29, 0.717) is 24.5 Å². The molecule has 0 fully saturated rings. The smallest absolute Gasteiger partial charge is 0.225 e. The second-order valence-corrected chi connectivity index (χ2v) is 7.01. The summed E-state index contributed by atoms with van der Waals surface area (Å²) in [6, 6.07) is 22.5. The molecule has 5 rings (SSSR count). The second-order valence-electron chi connectivity index (χ2n) is 7.01. The molecular formula is C23H19N5O2. The van der Waals surface area contributed by atoms with Crippen LogP contribution in [0.4, 0.5) is 5.82 Å². The number of carbonyl (C=O) groups is 1. The zero-order valence-electron chi connectivity index (χ0n) is 16.4. The van der Waals surface area contributed by atoms with E-state index < -0.39 is 0 Å². The number of nitrogens with zero attached hydrogens (tertiary/aromatic N) is 4. The van der Waals surface area contributed by atoms with Crippen molar-refractivity contribution in [3.05, 3.63) is 72.3 Å². The normalized spacial score (nSPS) is 11.2. The molecule has 30 heavy (non-hydrogen) atoms. The van der Waals surface area contributed by atoms with E-state index in [1.165, 1.54) is 10.8 Å². The highest BCUT2D eigenvalue weighted by Crippen LogP contribution is 2.30. The number of aromatic nitrogens is 4. The molecule has 0 aliphatic carbocycles. The van der Waals surface area contributed by atoms with Crippen molar-refractivity contribution in [1.29, 1.82) is 0 Å². The van der Waals surface area contributed by atoms with Crippen molar-refractivity contribution in [3.63, 3.8) is 0 Å². The first kappa shape index (κ1) is 18.1. The van der Waals surface area contributed by atoms with Gasteiger partial charge in [-0.3, -0.25) is 4.79 Å². The molecule has 0 saturated heterocycles.